The summed E-state index contributed by atoms with van der Waals surface area (Å²) in [6.07, 6.45) is 4.09. The van der Waals surface area contributed by atoms with Gasteiger partial charge < -0.3 is 11.1 Å². The van der Waals surface area contributed by atoms with Crippen LogP contribution in [0.3, 0.4) is 0 Å². The van der Waals surface area contributed by atoms with E-state index in [1.54, 1.807) is 18.5 Å². The number of nitrogens with two attached hydrogens (primary N) is 1. The molecule has 1 aromatic rings. The van der Waals surface area contributed by atoms with Gasteiger partial charge in [0.2, 0.25) is 0 Å². The number of carbonyl (C=O) groups excluding carboxylic acids is 1. The SMILES string of the molecule is CC(C)(C)CCNC(=O)c1cncc(C#CCN)c1. The quantitative estimate of drug-likeness (QED) is 0.809. The summed E-state index contributed by atoms with van der Waals surface area (Å²) in [7, 11) is 0. The molecule has 0 aliphatic carbocycles. The van der Waals surface area contributed by atoms with E-state index in [1.165, 1.54) is 0 Å². The average Bonchev–Trinajstić information content (AvgIpc) is 2.35. The third kappa shape index (κ3) is 6.03. The minimum Gasteiger partial charge on any atom is -0.352 e. The Morgan fingerprint density at radius 1 is 1.42 bits per heavy atom. The molecule has 0 radical (unpaired) electrons. The van der Waals surface area contributed by atoms with Crippen molar-refractivity contribution in [3.8, 4) is 11.8 Å². The molecule has 1 aromatic heterocycles. The van der Waals surface area contributed by atoms with Gasteiger partial charge in [-0.15, -0.1) is 0 Å². The fourth-order valence-corrected chi connectivity index (χ4v) is 1.44. The Balaban J connectivity index is 2.62. The van der Waals surface area contributed by atoms with Crippen LogP contribution in [0.2, 0.25) is 0 Å². The Morgan fingerprint density at radius 2 is 2.16 bits per heavy atom. The summed E-state index contributed by atoms with van der Waals surface area (Å²) in [6, 6.07) is 1.72. The van der Waals surface area contributed by atoms with Gasteiger partial charge in [-0.2, -0.15) is 0 Å². The number of amides is 1. The van der Waals surface area contributed by atoms with Crippen molar-refractivity contribution < 1.29 is 4.79 Å². The van der Waals surface area contributed by atoms with Crippen molar-refractivity contribution in [2.24, 2.45) is 11.1 Å². The molecular formula is C15H21N3O. The summed E-state index contributed by atoms with van der Waals surface area (Å²) >= 11 is 0. The van der Waals surface area contributed by atoms with E-state index in [0.29, 0.717) is 24.2 Å². The van der Waals surface area contributed by atoms with Crippen LogP contribution in [0.5, 0.6) is 0 Å². The molecule has 3 N–H and O–H groups in total. The van der Waals surface area contributed by atoms with Gasteiger partial charge in [0.1, 0.15) is 0 Å². The Hall–Kier alpha value is -1.86. The number of hydrogen-bond acceptors (Lipinski definition) is 3. The second kappa shape index (κ2) is 6.91. The van der Waals surface area contributed by atoms with E-state index in [-0.39, 0.29) is 11.3 Å². The maximum absolute atomic E-state index is 11.9. The minimum atomic E-state index is -0.117. The molecule has 0 saturated carbocycles. The molecule has 0 fully saturated rings. The zero-order chi connectivity index (χ0) is 14.3. The van der Waals surface area contributed by atoms with Crippen LogP contribution >= 0.6 is 0 Å². The van der Waals surface area contributed by atoms with E-state index in [2.05, 4.69) is 42.9 Å². The molecule has 1 amide bonds. The predicted molar refractivity (Wildman–Crippen MR) is 76.6 cm³/mol. The summed E-state index contributed by atoms with van der Waals surface area (Å²) in [4.78, 5) is 15.9. The second-order valence-corrected chi connectivity index (χ2v) is 5.53. The van der Waals surface area contributed by atoms with Crippen molar-refractivity contribution in [2.75, 3.05) is 13.1 Å². The van der Waals surface area contributed by atoms with Crippen molar-refractivity contribution in [1.82, 2.24) is 10.3 Å². The molecule has 0 spiro atoms. The zero-order valence-electron chi connectivity index (χ0n) is 11.8. The highest BCUT2D eigenvalue weighted by Crippen LogP contribution is 2.17. The Kier molecular flexibility index (Phi) is 5.53. The largest absolute Gasteiger partial charge is 0.352 e. The normalized spacial score (nSPS) is 10.5. The lowest BCUT2D eigenvalue weighted by Gasteiger charge is -2.17. The number of nitrogens with zero attached hydrogens (tertiary/aromatic N) is 1. The van der Waals surface area contributed by atoms with Crippen LogP contribution in [0.15, 0.2) is 18.5 Å². The first-order valence-electron chi connectivity index (χ1n) is 6.34. The minimum absolute atomic E-state index is 0.117. The maximum atomic E-state index is 11.9. The van der Waals surface area contributed by atoms with Crippen molar-refractivity contribution in [3.63, 3.8) is 0 Å². The van der Waals surface area contributed by atoms with Gasteiger partial charge in [-0.05, 0) is 17.9 Å². The van der Waals surface area contributed by atoms with Crippen LogP contribution in [0.25, 0.3) is 0 Å². The molecule has 19 heavy (non-hydrogen) atoms. The number of pyridine rings is 1. The van der Waals surface area contributed by atoms with Gasteiger partial charge in [0, 0.05) is 24.5 Å². The van der Waals surface area contributed by atoms with Crippen LogP contribution in [0, 0.1) is 17.3 Å². The number of hydrogen-bond donors (Lipinski definition) is 2. The molecule has 0 unspecified atom stereocenters. The molecule has 1 rings (SSSR count). The Morgan fingerprint density at radius 3 is 2.79 bits per heavy atom. The fourth-order valence-electron chi connectivity index (χ4n) is 1.44. The molecular weight excluding hydrogens is 238 g/mol. The highest BCUT2D eigenvalue weighted by atomic mass is 16.1. The van der Waals surface area contributed by atoms with E-state index in [0.717, 1.165) is 6.42 Å². The number of rotatable bonds is 3. The van der Waals surface area contributed by atoms with Crippen LogP contribution in [-0.2, 0) is 0 Å². The summed E-state index contributed by atoms with van der Waals surface area (Å²) in [5.41, 5.74) is 6.74. The van der Waals surface area contributed by atoms with Gasteiger partial charge >= 0.3 is 0 Å². The van der Waals surface area contributed by atoms with Crippen molar-refractivity contribution >= 4 is 5.91 Å². The summed E-state index contributed by atoms with van der Waals surface area (Å²) in [6.45, 7) is 7.38. The zero-order valence-corrected chi connectivity index (χ0v) is 11.8. The molecule has 0 atom stereocenters. The highest BCUT2D eigenvalue weighted by Gasteiger charge is 2.11. The van der Waals surface area contributed by atoms with E-state index >= 15 is 0 Å². The van der Waals surface area contributed by atoms with Crippen molar-refractivity contribution in [2.45, 2.75) is 27.2 Å². The van der Waals surface area contributed by atoms with Gasteiger partial charge in [-0.1, -0.05) is 32.6 Å². The van der Waals surface area contributed by atoms with Crippen LogP contribution in [-0.4, -0.2) is 24.0 Å². The fraction of sp³-hybridized carbons (Fsp3) is 0.467. The molecule has 0 aliphatic rings. The van der Waals surface area contributed by atoms with Gasteiger partial charge in [0.05, 0.1) is 12.1 Å². The lowest BCUT2D eigenvalue weighted by Crippen LogP contribution is -2.27. The molecule has 0 bridgehead atoms. The van der Waals surface area contributed by atoms with E-state index in [1.807, 2.05) is 0 Å². The smallest absolute Gasteiger partial charge is 0.252 e. The van der Waals surface area contributed by atoms with Gasteiger partial charge in [0.15, 0.2) is 0 Å². The first-order valence-corrected chi connectivity index (χ1v) is 6.34. The first kappa shape index (κ1) is 15.2. The summed E-state index contributed by atoms with van der Waals surface area (Å²) < 4.78 is 0. The van der Waals surface area contributed by atoms with Crippen LogP contribution in [0.1, 0.15) is 43.1 Å². The molecule has 4 nitrogen and oxygen atoms in total. The lowest BCUT2D eigenvalue weighted by atomic mass is 9.92. The van der Waals surface area contributed by atoms with Gasteiger partial charge in [-0.3, -0.25) is 9.78 Å². The topological polar surface area (TPSA) is 68.0 Å². The van der Waals surface area contributed by atoms with E-state index < -0.39 is 0 Å². The first-order chi connectivity index (χ1) is 8.92. The van der Waals surface area contributed by atoms with Gasteiger partial charge in [0.25, 0.3) is 5.91 Å². The Labute approximate surface area is 114 Å². The molecule has 0 aliphatic heterocycles. The standard InChI is InChI=1S/C15H21N3O/c1-15(2,3)6-8-18-14(19)13-9-12(5-4-7-16)10-17-11-13/h9-11H,6-8,16H2,1-3H3,(H,18,19). The van der Waals surface area contributed by atoms with Crippen LogP contribution < -0.4 is 11.1 Å². The number of carbonyl (C=O) groups is 1. The average molecular weight is 259 g/mol. The maximum Gasteiger partial charge on any atom is 0.252 e. The molecule has 0 saturated heterocycles. The van der Waals surface area contributed by atoms with E-state index in [9.17, 15) is 4.79 Å². The van der Waals surface area contributed by atoms with Crippen molar-refractivity contribution in [1.29, 1.82) is 0 Å². The summed E-state index contributed by atoms with van der Waals surface area (Å²) in [5.74, 6) is 5.48. The lowest BCUT2D eigenvalue weighted by molar-refractivity contribution is 0.0949. The number of aromatic nitrogens is 1. The van der Waals surface area contributed by atoms with Crippen LogP contribution in [0.4, 0.5) is 0 Å². The third-order valence-corrected chi connectivity index (χ3v) is 2.50. The number of nitrogens with one attached hydrogen (secondary N) is 1. The third-order valence-electron chi connectivity index (χ3n) is 2.50. The molecule has 0 aromatic carbocycles. The predicted octanol–water partition coefficient (Wildman–Crippen LogP) is 1.56. The molecule has 4 heteroatoms. The van der Waals surface area contributed by atoms with Gasteiger partial charge in [-0.25, -0.2) is 0 Å². The second-order valence-electron chi connectivity index (χ2n) is 5.53. The molecule has 1 heterocycles. The van der Waals surface area contributed by atoms with Crippen molar-refractivity contribution in [3.05, 3.63) is 29.6 Å². The molecule has 102 valence electrons. The monoisotopic (exact) mass is 259 g/mol. The van der Waals surface area contributed by atoms with E-state index in [4.69, 9.17) is 5.73 Å². The summed E-state index contributed by atoms with van der Waals surface area (Å²) in [5, 5.41) is 2.89. The highest BCUT2D eigenvalue weighted by molar-refractivity contribution is 5.94. The Bertz CT molecular complexity index is 492.